The second-order valence-corrected chi connectivity index (χ2v) is 4.41. The van der Waals surface area contributed by atoms with E-state index < -0.39 is 4.92 Å². The van der Waals surface area contributed by atoms with Crippen molar-refractivity contribution in [3.63, 3.8) is 0 Å². The molecule has 4 N–H and O–H groups in total. The number of nitrogens with zero attached hydrogens (tertiary/aromatic N) is 3. The maximum Gasteiger partial charge on any atom is 0.354 e. The van der Waals surface area contributed by atoms with Crippen LogP contribution in [-0.4, -0.2) is 14.9 Å². The quantitative estimate of drug-likeness (QED) is 0.451. The van der Waals surface area contributed by atoms with Gasteiger partial charge in [-0.3, -0.25) is 10.1 Å². The van der Waals surface area contributed by atoms with Crippen LogP contribution in [-0.2, 0) is 0 Å². The smallest absolute Gasteiger partial charge is 0.333 e. The third-order valence-electron chi connectivity index (χ3n) is 2.33. The lowest BCUT2D eigenvalue weighted by Crippen LogP contribution is -2.12. The normalized spacial score (nSPS) is 10.2. The van der Waals surface area contributed by atoms with E-state index in [9.17, 15) is 10.1 Å². The summed E-state index contributed by atoms with van der Waals surface area (Å²) in [5, 5.41) is 14.6. The molecule has 0 saturated carbocycles. The van der Waals surface area contributed by atoms with Crippen molar-refractivity contribution in [2.45, 2.75) is 0 Å². The van der Waals surface area contributed by atoms with Crippen LogP contribution < -0.4 is 16.6 Å². The fourth-order valence-corrected chi connectivity index (χ4v) is 1.92. The minimum atomic E-state index is -0.651. The first kappa shape index (κ1) is 14.3. The third kappa shape index (κ3) is 2.87. The van der Waals surface area contributed by atoms with Crippen molar-refractivity contribution in [2.75, 3.05) is 10.7 Å². The number of nitrogens with one attached hydrogen (secondary N) is 2. The lowest BCUT2D eigenvalue weighted by Gasteiger charge is -2.09. The molecule has 0 spiro atoms. The number of hydrogen-bond donors (Lipinski definition) is 3. The van der Waals surface area contributed by atoms with Crippen molar-refractivity contribution in [3.8, 4) is 0 Å². The molecule has 0 aliphatic rings. The van der Waals surface area contributed by atoms with E-state index in [2.05, 4.69) is 20.7 Å². The first-order valence-corrected chi connectivity index (χ1v) is 5.96. The summed E-state index contributed by atoms with van der Waals surface area (Å²) in [4.78, 5) is 17.9. The Bertz CT molecular complexity index is 666. The molecule has 0 atom stereocenters. The molecular formula is C10H8Cl2N6O2. The van der Waals surface area contributed by atoms with Crippen molar-refractivity contribution in [1.82, 2.24) is 9.97 Å². The Kier molecular flexibility index (Phi) is 4.18. The summed E-state index contributed by atoms with van der Waals surface area (Å²) in [5.74, 6) is 5.03. The lowest BCUT2D eigenvalue weighted by molar-refractivity contribution is -0.383. The summed E-state index contributed by atoms with van der Waals surface area (Å²) >= 11 is 11.8. The van der Waals surface area contributed by atoms with Gasteiger partial charge >= 0.3 is 5.69 Å². The number of rotatable bonds is 4. The van der Waals surface area contributed by atoms with Crippen LogP contribution >= 0.6 is 23.2 Å². The van der Waals surface area contributed by atoms with Crippen molar-refractivity contribution in [2.24, 2.45) is 5.84 Å². The number of hydrogen-bond acceptors (Lipinski definition) is 7. The molecule has 1 aromatic heterocycles. The van der Waals surface area contributed by atoms with Crippen molar-refractivity contribution >= 4 is 46.2 Å². The number of aromatic nitrogens is 2. The highest BCUT2D eigenvalue weighted by Gasteiger charge is 2.23. The molecule has 0 unspecified atom stereocenters. The van der Waals surface area contributed by atoms with Crippen molar-refractivity contribution in [3.05, 3.63) is 44.7 Å². The van der Waals surface area contributed by atoms with Gasteiger partial charge in [-0.15, -0.1) is 0 Å². The minimum Gasteiger partial charge on any atom is -0.333 e. The van der Waals surface area contributed by atoms with Crippen LogP contribution in [0.25, 0.3) is 0 Å². The molecule has 0 amide bonds. The van der Waals surface area contributed by atoms with Crippen molar-refractivity contribution < 1.29 is 4.92 Å². The van der Waals surface area contributed by atoms with Gasteiger partial charge in [0, 0.05) is 5.02 Å². The highest BCUT2D eigenvalue weighted by atomic mass is 35.5. The van der Waals surface area contributed by atoms with Gasteiger partial charge in [0.05, 0.1) is 15.6 Å². The van der Waals surface area contributed by atoms with Crippen LogP contribution in [0.1, 0.15) is 0 Å². The first-order chi connectivity index (χ1) is 9.52. The molecule has 104 valence electrons. The summed E-state index contributed by atoms with van der Waals surface area (Å²) < 4.78 is 0. The van der Waals surface area contributed by atoms with Crippen LogP contribution in [0.3, 0.4) is 0 Å². The molecule has 0 radical (unpaired) electrons. The van der Waals surface area contributed by atoms with Crippen LogP contribution in [0.4, 0.5) is 23.0 Å². The van der Waals surface area contributed by atoms with Gasteiger partial charge in [-0.05, 0) is 18.2 Å². The number of anilines is 3. The Labute approximate surface area is 123 Å². The molecule has 2 aromatic rings. The predicted molar refractivity (Wildman–Crippen MR) is 76.2 cm³/mol. The fourth-order valence-electron chi connectivity index (χ4n) is 1.47. The zero-order valence-corrected chi connectivity index (χ0v) is 11.3. The molecule has 0 fully saturated rings. The highest BCUT2D eigenvalue weighted by Crippen LogP contribution is 2.33. The maximum absolute atomic E-state index is 11.1. The average Bonchev–Trinajstić information content (AvgIpc) is 2.41. The van der Waals surface area contributed by atoms with Gasteiger partial charge in [0.1, 0.15) is 6.33 Å². The zero-order chi connectivity index (χ0) is 14.7. The summed E-state index contributed by atoms with van der Waals surface area (Å²) in [6.45, 7) is 0. The van der Waals surface area contributed by atoms with Gasteiger partial charge in [-0.25, -0.2) is 15.8 Å². The number of benzene rings is 1. The summed E-state index contributed by atoms with van der Waals surface area (Å²) in [6, 6.07) is 4.66. The maximum atomic E-state index is 11.1. The Morgan fingerprint density at radius 2 is 1.95 bits per heavy atom. The molecule has 0 bridgehead atoms. The van der Waals surface area contributed by atoms with E-state index in [1.54, 1.807) is 12.1 Å². The molecular weight excluding hydrogens is 307 g/mol. The standard InChI is InChI=1S/C10H8Cl2N6O2/c11-5-1-2-7(6(12)3-5)16-9-8(18(19)20)10(17-13)15-4-14-9/h1-4H,13H2,(H2,14,15,16,17). The van der Waals surface area contributed by atoms with Crippen molar-refractivity contribution in [1.29, 1.82) is 0 Å². The predicted octanol–water partition coefficient (Wildman–Crippen LogP) is 2.72. The number of nitrogens with two attached hydrogens (primary N) is 1. The van der Waals surface area contributed by atoms with Crippen LogP contribution in [0.15, 0.2) is 24.5 Å². The van der Waals surface area contributed by atoms with E-state index in [4.69, 9.17) is 29.0 Å². The molecule has 1 heterocycles. The summed E-state index contributed by atoms with van der Waals surface area (Å²) in [5.41, 5.74) is 2.17. The van der Waals surface area contributed by atoms with E-state index in [0.717, 1.165) is 6.33 Å². The van der Waals surface area contributed by atoms with Gasteiger partial charge in [0.15, 0.2) is 0 Å². The molecule has 0 aliphatic carbocycles. The molecule has 2 rings (SSSR count). The second-order valence-electron chi connectivity index (χ2n) is 3.57. The van der Waals surface area contributed by atoms with E-state index in [-0.39, 0.29) is 17.3 Å². The Morgan fingerprint density at radius 3 is 2.55 bits per heavy atom. The highest BCUT2D eigenvalue weighted by molar-refractivity contribution is 6.36. The van der Waals surface area contributed by atoms with Crippen LogP contribution in [0.2, 0.25) is 10.0 Å². The van der Waals surface area contributed by atoms with Gasteiger partial charge in [-0.2, -0.15) is 0 Å². The lowest BCUT2D eigenvalue weighted by atomic mass is 10.3. The SMILES string of the molecule is NNc1ncnc(Nc2ccc(Cl)cc2Cl)c1[N+](=O)[O-]. The van der Waals surface area contributed by atoms with Gasteiger partial charge in [0.25, 0.3) is 0 Å². The van der Waals surface area contributed by atoms with Gasteiger partial charge < -0.3 is 10.7 Å². The second kappa shape index (κ2) is 5.87. The van der Waals surface area contributed by atoms with Crippen LogP contribution in [0.5, 0.6) is 0 Å². The number of halogens is 2. The minimum absolute atomic E-state index is 0.0397. The largest absolute Gasteiger partial charge is 0.354 e. The number of nitro groups is 1. The summed E-state index contributed by atoms with van der Waals surface area (Å²) in [6.07, 6.45) is 1.13. The first-order valence-electron chi connectivity index (χ1n) is 5.21. The fraction of sp³-hybridized carbons (Fsp3) is 0. The molecule has 1 aromatic carbocycles. The summed E-state index contributed by atoms with van der Waals surface area (Å²) in [7, 11) is 0. The van der Waals surface area contributed by atoms with E-state index in [0.29, 0.717) is 15.7 Å². The average molecular weight is 315 g/mol. The van der Waals surface area contributed by atoms with E-state index >= 15 is 0 Å². The monoisotopic (exact) mass is 314 g/mol. The molecule has 0 aliphatic heterocycles. The van der Waals surface area contributed by atoms with Gasteiger partial charge in [0.2, 0.25) is 11.6 Å². The molecule has 20 heavy (non-hydrogen) atoms. The Hall–Kier alpha value is -2.16. The van der Waals surface area contributed by atoms with Gasteiger partial charge in [-0.1, -0.05) is 23.2 Å². The third-order valence-corrected chi connectivity index (χ3v) is 2.87. The van der Waals surface area contributed by atoms with E-state index in [1.165, 1.54) is 6.07 Å². The Morgan fingerprint density at radius 1 is 1.25 bits per heavy atom. The van der Waals surface area contributed by atoms with E-state index in [1.807, 2.05) is 0 Å². The Balaban J connectivity index is 2.45. The van der Waals surface area contributed by atoms with Crippen LogP contribution in [0, 0.1) is 10.1 Å². The topological polar surface area (TPSA) is 119 Å². The molecule has 8 nitrogen and oxygen atoms in total. The number of nitrogen functional groups attached to an aromatic ring is 1. The molecule has 0 saturated heterocycles. The number of hydrazine groups is 1. The zero-order valence-electron chi connectivity index (χ0n) is 9.80. The molecule has 10 heteroatoms.